The molecule has 2 aromatic carbocycles. The van der Waals surface area contributed by atoms with Gasteiger partial charge in [0.25, 0.3) is 0 Å². The predicted molar refractivity (Wildman–Crippen MR) is 112 cm³/mol. The largest absolute Gasteiger partial charge is 0.497 e. The van der Waals surface area contributed by atoms with Crippen LogP contribution >= 0.6 is 0 Å². The molecule has 3 rings (SSSR count). The summed E-state index contributed by atoms with van der Waals surface area (Å²) in [6, 6.07) is 16.7. The van der Waals surface area contributed by atoms with E-state index in [9.17, 15) is 4.79 Å². The third-order valence-corrected chi connectivity index (χ3v) is 4.77. The Balaban J connectivity index is 1.77. The van der Waals surface area contributed by atoms with E-state index < -0.39 is 0 Å². The van der Waals surface area contributed by atoms with E-state index in [-0.39, 0.29) is 17.9 Å². The quantitative estimate of drug-likeness (QED) is 0.565. The smallest absolute Gasteiger partial charge is 0.249 e. The van der Waals surface area contributed by atoms with Crippen molar-refractivity contribution in [3.8, 4) is 17.1 Å². The standard InChI is InChI=1S/C23H25N3O3/c1-4-16(2)21(24-20(27)14-13-17-9-6-5-7-10-17)23-25-22(26-29-23)18-11-8-12-19(15-18)28-3/h5-16,21H,4H2,1-3H3,(H,24,27)/b14-13+/t16-,21+/m0/s1. The van der Waals surface area contributed by atoms with Gasteiger partial charge >= 0.3 is 0 Å². The van der Waals surface area contributed by atoms with E-state index >= 15 is 0 Å². The van der Waals surface area contributed by atoms with E-state index in [1.165, 1.54) is 6.08 Å². The monoisotopic (exact) mass is 391 g/mol. The van der Waals surface area contributed by atoms with Gasteiger partial charge in [0.05, 0.1) is 7.11 Å². The Kier molecular flexibility index (Phi) is 6.79. The van der Waals surface area contributed by atoms with Crippen LogP contribution in [0.15, 0.2) is 65.2 Å². The lowest BCUT2D eigenvalue weighted by atomic mass is 9.99. The molecular formula is C23H25N3O3. The molecular weight excluding hydrogens is 366 g/mol. The average molecular weight is 391 g/mol. The number of methoxy groups -OCH3 is 1. The second-order valence-electron chi connectivity index (χ2n) is 6.80. The maximum Gasteiger partial charge on any atom is 0.249 e. The molecule has 1 N–H and O–H groups in total. The van der Waals surface area contributed by atoms with Crippen LogP contribution in [0.5, 0.6) is 5.75 Å². The van der Waals surface area contributed by atoms with Gasteiger partial charge in [-0.15, -0.1) is 0 Å². The van der Waals surface area contributed by atoms with Gasteiger partial charge in [0.1, 0.15) is 11.8 Å². The minimum atomic E-state index is -0.375. The lowest BCUT2D eigenvalue weighted by Crippen LogP contribution is -2.31. The molecule has 0 unspecified atom stereocenters. The van der Waals surface area contributed by atoms with Crippen molar-refractivity contribution in [1.82, 2.24) is 15.5 Å². The van der Waals surface area contributed by atoms with Crippen LogP contribution in [0.25, 0.3) is 17.5 Å². The van der Waals surface area contributed by atoms with E-state index in [1.807, 2.05) is 61.5 Å². The highest BCUT2D eigenvalue weighted by atomic mass is 16.5. The summed E-state index contributed by atoms with van der Waals surface area (Å²) in [5.74, 6) is 1.48. The first-order chi connectivity index (χ1) is 14.1. The first-order valence-corrected chi connectivity index (χ1v) is 9.62. The third kappa shape index (κ3) is 5.31. The highest BCUT2D eigenvalue weighted by Gasteiger charge is 2.26. The van der Waals surface area contributed by atoms with Crippen LogP contribution < -0.4 is 10.1 Å². The fourth-order valence-electron chi connectivity index (χ4n) is 2.86. The van der Waals surface area contributed by atoms with Crippen LogP contribution in [-0.4, -0.2) is 23.2 Å². The molecule has 0 saturated heterocycles. The summed E-state index contributed by atoms with van der Waals surface area (Å²) in [6.07, 6.45) is 4.15. The summed E-state index contributed by atoms with van der Waals surface area (Å²) in [5, 5.41) is 7.08. The van der Waals surface area contributed by atoms with Crippen LogP contribution in [0.2, 0.25) is 0 Å². The highest BCUT2D eigenvalue weighted by molar-refractivity contribution is 5.91. The highest BCUT2D eigenvalue weighted by Crippen LogP contribution is 2.27. The van der Waals surface area contributed by atoms with Gasteiger partial charge in [-0.1, -0.05) is 67.9 Å². The number of nitrogens with zero attached hydrogens (tertiary/aromatic N) is 2. The molecule has 0 aliphatic carbocycles. The van der Waals surface area contributed by atoms with Gasteiger partial charge in [-0.05, 0) is 29.7 Å². The fourth-order valence-corrected chi connectivity index (χ4v) is 2.86. The molecule has 0 saturated carbocycles. The van der Waals surface area contributed by atoms with Gasteiger partial charge in [-0.25, -0.2) is 0 Å². The zero-order valence-corrected chi connectivity index (χ0v) is 16.8. The maximum absolute atomic E-state index is 12.5. The van der Waals surface area contributed by atoms with Crippen LogP contribution in [0, 0.1) is 5.92 Å². The van der Waals surface area contributed by atoms with Gasteiger partial charge < -0.3 is 14.6 Å². The minimum absolute atomic E-state index is 0.127. The first kappa shape index (κ1) is 20.3. The molecule has 3 aromatic rings. The first-order valence-electron chi connectivity index (χ1n) is 9.62. The van der Waals surface area contributed by atoms with Crippen molar-refractivity contribution in [3.63, 3.8) is 0 Å². The van der Waals surface area contributed by atoms with Crippen molar-refractivity contribution in [2.45, 2.75) is 26.3 Å². The molecule has 150 valence electrons. The molecule has 0 fully saturated rings. The molecule has 2 atom stereocenters. The summed E-state index contributed by atoms with van der Waals surface area (Å²) in [4.78, 5) is 17.0. The predicted octanol–water partition coefficient (Wildman–Crippen LogP) is 4.66. The van der Waals surface area contributed by atoms with Crippen molar-refractivity contribution in [2.24, 2.45) is 5.92 Å². The van der Waals surface area contributed by atoms with Crippen molar-refractivity contribution < 1.29 is 14.1 Å². The Hall–Kier alpha value is -3.41. The van der Waals surface area contributed by atoms with Crippen LogP contribution in [0.3, 0.4) is 0 Å². The zero-order valence-electron chi connectivity index (χ0n) is 16.8. The van der Waals surface area contributed by atoms with Crippen molar-refractivity contribution in [2.75, 3.05) is 7.11 Å². The molecule has 0 spiro atoms. The van der Waals surface area contributed by atoms with E-state index in [2.05, 4.69) is 22.4 Å². The van der Waals surface area contributed by atoms with Gasteiger partial charge in [0.15, 0.2) is 0 Å². The number of hydrogen-bond donors (Lipinski definition) is 1. The Bertz CT molecular complexity index is 966. The molecule has 29 heavy (non-hydrogen) atoms. The maximum atomic E-state index is 12.5. The third-order valence-electron chi connectivity index (χ3n) is 4.77. The fraction of sp³-hybridized carbons (Fsp3) is 0.261. The molecule has 0 aliphatic heterocycles. The Morgan fingerprint density at radius 3 is 2.72 bits per heavy atom. The minimum Gasteiger partial charge on any atom is -0.497 e. The summed E-state index contributed by atoms with van der Waals surface area (Å²) < 4.78 is 10.8. The van der Waals surface area contributed by atoms with Gasteiger partial charge in [0, 0.05) is 11.6 Å². The molecule has 6 heteroatoms. The number of aromatic nitrogens is 2. The van der Waals surface area contributed by atoms with Crippen LogP contribution in [0.1, 0.15) is 37.8 Å². The number of carbonyl (C=O) groups excluding carboxylic acids is 1. The van der Waals surface area contributed by atoms with Crippen molar-refractivity contribution in [1.29, 1.82) is 0 Å². The Labute approximate surface area is 170 Å². The van der Waals surface area contributed by atoms with Crippen molar-refractivity contribution in [3.05, 3.63) is 72.1 Å². The topological polar surface area (TPSA) is 77.2 Å². The average Bonchev–Trinajstić information content (AvgIpc) is 3.26. The Morgan fingerprint density at radius 2 is 2.00 bits per heavy atom. The van der Waals surface area contributed by atoms with Gasteiger partial charge in [-0.2, -0.15) is 4.98 Å². The van der Waals surface area contributed by atoms with E-state index in [1.54, 1.807) is 13.2 Å². The number of hydrogen-bond acceptors (Lipinski definition) is 5. The second kappa shape index (κ2) is 9.68. The van der Waals surface area contributed by atoms with Crippen LogP contribution in [0.4, 0.5) is 0 Å². The normalized spacial score (nSPS) is 13.2. The Morgan fingerprint density at radius 1 is 1.21 bits per heavy atom. The van der Waals surface area contributed by atoms with Crippen LogP contribution in [-0.2, 0) is 4.79 Å². The number of nitrogens with one attached hydrogen (secondary N) is 1. The lowest BCUT2D eigenvalue weighted by Gasteiger charge is -2.19. The number of ether oxygens (including phenoxy) is 1. The number of rotatable bonds is 8. The summed E-state index contributed by atoms with van der Waals surface area (Å²) in [6.45, 7) is 4.10. The number of carbonyl (C=O) groups is 1. The molecule has 6 nitrogen and oxygen atoms in total. The summed E-state index contributed by atoms with van der Waals surface area (Å²) >= 11 is 0. The number of amides is 1. The zero-order chi connectivity index (χ0) is 20.6. The molecule has 1 amide bonds. The molecule has 0 radical (unpaired) electrons. The van der Waals surface area contributed by atoms with E-state index in [4.69, 9.17) is 9.26 Å². The molecule has 1 aromatic heterocycles. The number of benzene rings is 2. The molecule has 1 heterocycles. The van der Waals surface area contributed by atoms with E-state index in [0.717, 1.165) is 17.5 Å². The summed E-state index contributed by atoms with van der Waals surface area (Å²) in [5.41, 5.74) is 1.75. The second-order valence-corrected chi connectivity index (χ2v) is 6.80. The molecule has 0 bridgehead atoms. The van der Waals surface area contributed by atoms with E-state index in [0.29, 0.717) is 17.5 Å². The SMILES string of the molecule is CC[C@H](C)[C@@H](NC(=O)/C=C/c1ccccc1)c1nc(-c2cccc(OC)c2)no1. The van der Waals surface area contributed by atoms with Gasteiger partial charge in [-0.3, -0.25) is 4.79 Å². The summed E-state index contributed by atoms with van der Waals surface area (Å²) in [7, 11) is 1.61. The van der Waals surface area contributed by atoms with Crippen molar-refractivity contribution >= 4 is 12.0 Å². The molecule has 0 aliphatic rings. The van der Waals surface area contributed by atoms with Gasteiger partial charge in [0.2, 0.25) is 17.6 Å². The lowest BCUT2D eigenvalue weighted by molar-refractivity contribution is -0.117.